The third-order valence-corrected chi connectivity index (χ3v) is 3.01. The zero-order valence-corrected chi connectivity index (χ0v) is 11.9. The predicted molar refractivity (Wildman–Crippen MR) is 76.4 cm³/mol. The molecule has 0 bridgehead atoms. The van der Waals surface area contributed by atoms with E-state index in [2.05, 4.69) is 9.47 Å². The van der Waals surface area contributed by atoms with Gasteiger partial charge in [0.25, 0.3) is 5.56 Å². The van der Waals surface area contributed by atoms with Crippen LogP contribution in [0.25, 0.3) is 5.69 Å². The van der Waals surface area contributed by atoms with Crippen molar-refractivity contribution in [2.45, 2.75) is 0 Å². The first-order valence-electron chi connectivity index (χ1n) is 6.21. The molecular formula is C15H13NO6. The van der Waals surface area contributed by atoms with E-state index in [1.807, 2.05) is 0 Å². The molecule has 0 aliphatic rings. The number of ether oxygens (including phenoxy) is 2. The fraction of sp³-hybridized carbons (Fsp3) is 0.133. The summed E-state index contributed by atoms with van der Waals surface area (Å²) in [5.41, 5.74) is -0.771. The van der Waals surface area contributed by atoms with Gasteiger partial charge in [-0.15, -0.1) is 0 Å². The number of aromatic hydroxyl groups is 1. The van der Waals surface area contributed by atoms with Gasteiger partial charge in [0.15, 0.2) is 0 Å². The van der Waals surface area contributed by atoms with Crippen LogP contribution in [0.15, 0.2) is 41.3 Å². The van der Waals surface area contributed by atoms with Crippen LogP contribution in [-0.4, -0.2) is 35.8 Å². The molecule has 22 heavy (non-hydrogen) atoms. The molecule has 7 heteroatoms. The topological polar surface area (TPSA) is 94.8 Å². The summed E-state index contributed by atoms with van der Waals surface area (Å²) in [5, 5.41) is 9.83. The molecule has 0 amide bonds. The molecule has 0 spiro atoms. The van der Waals surface area contributed by atoms with Gasteiger partial charge in [-0.25, -0.2) is 9.59 Å². The van der Waals surface area contributed by atoms with E-state index in [-0.39, 0.29) is 22.6 Å². The number of phenolic OH excluding ortho intramolecular Hbond substituents is 1. The third kappa shape index (κ3) is 2.69. The molecule has 1 heterocycles. The number of hydrogen-bond donors (Lipinski definition) is 1. The van der Waals surface area contributed by atoms with Gasteiger partial charge in [-0.1, -0.05) is 12.1 Å². The molecule has 0 radical (unpaired) electrons. The number of carbonyl (C=O) groups is 2. The summed E-state index contributed by atoms with van der Waals surface area (Å²) in [5.74, 6) is -1.78. The second kappa shape index (κ2) is 6.13. The number of nitrogens with zero attached hydrogens (tertiary/aromatic N) is 1. The Balaban J connectivity index is 2.74. The number of pyridine rings is 1. The highest BCUT2D eigenvalue weighted by atomic mass is 16.5. The van der Waals surface area contributed by atoms with Crippen molar-refractivity contribution in [3.8, 4) is 11.4 Å². The summed E-state index contributed by atoms with van der Waals surface area (Å²) in [6.07, 6.45) is 1.13. The zero-order chi connectivity index (χ0) is 16.3. The van der Waals surface area contributed by atoms with Gasteiger partial charge in [0.1, 0.15) is 5.75 Å². The number of phenols is 1. The molecule has 0 saturated carbocycles. The van der Waals surface area contributed by atoms with E-state index >= 15 is 0 Å². The maximum atomic E-state index is 12.2. The lowest BCUT2D eigenvalue weighted by Gasteiger charge is -2.11. The Morgan fingerprint density at radius 1 is 1.05 bits per heavy atom. The van der Waals surface area contributed by atoms with Crippen LogP contribution in [0, 0.1) is 0 Å². The molecule has 2 rings (SSSR count). The number of carbonyl (C=O) groups excluding carboxylic acids is 2. The van der Waals surface area contributed by atoms with Gasteiger partial charge in [-0.3, -0.25) is 9.36 Å². The maximum Gasteiger partial charge on any atom is 0.340 e. The van der Waals surface area contributed by atoms with Gasteiger partial charge in [0.05, 0.1) is 31.0 Å². The van der Waals surface area contributed by atoms with Crippen molar-refractivity contribution in [1.82, 2.24) is 4.57 Å². The average molecular weight is 303 g/mol. The standard InChI is InChI=1S/C15H13NO6/c1-21-14(19)9-7-13(18)16(8-10(9)15(20)22-2)11-5-3-4-6-12(11)17/h3-8,17H,1-2H3. The lowest BCUT2D eigenvalue weighted by atomic mass is 10.1. The van der Waals surface area contributed by atoms with E-state index in [0.29, 0.717) is 0 Å². The first-order chi connectivity index (χ1) is 10.5. The largest absolute Gasteiger partial charge is 0.506 e. The van der Waals surface area contributed by atoms with Crippen molar-refractivity contribution < 1.29 is 24.2 Å². The number of rotatable bonds is 3. The molecule has 0 unspecified atom stereocenters. The van der Waals surface area contributed by atoms with Crippen LogP contribution in [0.4, 0.5) is 0 Å². The van der Waals surface area contributed by atoms with E-state index in [9.17, 15) is 19.5 Å². The first kappa shape index (κ1) is 15.3. The normalized spacial score (nSPS) is 10.1. The summed E-state index contributed by atoms with van der Waals surface area (Å²) in [4.78, 5) is 35.7. The minimum Gasteiger partial charge on any atom is -0.506 e. The summed E-state index contributed by atoms with van der Waals surface area (Å²) in [6, 6.07) is 7.06. The summed E-state index contributed by atoms with van der Waals surface area (Å²) >= 11 is 0. The SMILES string of the molecule is COC(=O)c1cc(=O)n(-c2ccccc2O)cc1C(=O)OC. The molecule has 0 aliphatic carbocycles. The van der Waals surface area contributed by atoms with Crippen LogP contribution in [-0.2, 0) is 9.47 Å². The van der Waals surface area contributed by atoms with Gasteiger partial charge in [0, 0.05) is 12.3 Å². The molecular weight excluding hydrogens is 290 g/mol. The van der Waals surface area contributed by atoms with Gasteiger partial charge in [-0.05, 0) is 12.1 Å². The van der Waals surface area contributed by atoms with Crippen molar-refractivity contribution in [2.75, 3.05) is 14.2 Å². The highest BCUT2D eigenvalue weighted by molar-refractivity contribution is 6.02. The Morgan fingerprint density at radius 3 is 2.23 bits per heavy atom. The van der Waals surface area contributed by atoms with E-state index in [1.165, 1.54) is 12.1 Å². The Hall–Kier alpha value is -3.09. The van der Waals surface area contributed by atoms with Gasteiger partial charge >= 0.3 is 11.9 Å². The van der Waals surface area contributed by atoms with Crippen LogP contribution < -0.4 is 5.56 Å². The maximum absolute atomic E-state index is 12.2. The van der Waals surface area contributed by atoms with Gasteiger partial charge < -0.3 is 14.6 Å². The smallest absolute Gasteiger partial charge is 0.340 e. The molecule has 0 atom stereocenters. The third-order valence-electron chi connectivity index (χ3n) is 3.01. The van der Waals surface area contributed by atoms with E-state index < -0.39 is 17.5 Å². The Labute approximate surface area is 125 Å². The van der Waals surface area contributed by atoms with Crippen molar-refractivity contribution in [3.05, 3.63) is 58.0 Å². The highest BCUT2D eigenvalue weighted by Gasteiger charge is 2.21. The molecule has 1 aromatic heterocycles. The van der Waals surface area contributed by atoms with Crippen LogP contribution >= 0.6 is 0 Å². The van der Waals surface area contributed by atoms with Gasteiger partial charge in [0.2, 0.25) is 0 Å². The van der Waals surface area contributed by atoms with Gasteiger partial charge in [-0.2, -0.15) is 0 Å². The summed E-state index contributed by atoms with van der Waals surface area (Å²) < 4.78 is 10.2. The first-order valence-corrected chi connectivity index (χ1v) is 6.21. The quantitative estimate of drug-likeness (QED) is 0.854. The second-order valence-electron chi connectivity index (χ2n) is 4.28. The molecule has 1 aromatic carbocycles. The summed E-state index contributed by atoms with van der Waals surface area (Å²) in [6.45, 7) is 0. The lowest BCUT2D eigenvalue weighted by Crippen LogP contribution is -2.24. The van der Waals surface area contributed by atoms with Crippen LogP contribution in [0.5, 0.6) is 5.75 Å². The van der Waals surface area contributed by atoms with E-state index in [4.69, 9.17) is 0 Å². The molecule has 7 nitrogen and oxygen atoms in total. The molecule has 2 aromatic rings. The molecule has 114 valence electrons. The molecule has 0 saturated heterocycles. The van der Waals surface area contributed by atoms with E-state index in [1.54, 1.807) is 12.1 Å². The monoisotopic (exact) mass is 303 g/mol. The Bertz CT molecular complexity index is 793. The predicted octanol–water partition coefficient (Wildman–Crippen LogP) is 1.12. The summed E-state index contributed by atoms with van der Waals surface area (Å²) in [7, 11) is 2.29. The molecule has 0 fully saturated rings. The number of esters is 2. The van der Waals surface area contributed by atoms with Crippen molar-refractivity contribution in [1.29, 1.82) is 0 Å². The van der Waals surface area contributed by atoms with Crippen LogP contribution in [0.3, 0.4) is 0 Å². The number of hydrogen-bond acceptors (Lipinski definition) is 6. The fourth-order valence-electron chi connectivity index (χ4n) is 1.94. The molecule has 1 N–H and O–H groups in total. The zero-order valence-electron chi connectivity index (χ0n) is 11.9. The number of aromatic nitrogens is 1. The Morgan fingerprint density at radius 2 is 1.64 bits per heavy atom. The fourth-order valence-corrected chi connectivity index (χ4v) is 1.94. The van der Waals surface area contributed by atoms with Crippen molar-refractivity contribution in [3.63, 3.8) is 0 Å². The number of methoxy groups -OCH3 is 2. The average Bonchev–Trinajstić information content (AvgIpc) is 2.54. The highest BCUT2D eigenvalue weighted by Crippen LogP contribution is 2.20. The van der Waals surface area contributed by atoms with E-state index in [0.717, 1.165) is 31.0 Å². The minimum atomic E-state index is -0.832. The second-order valence-corrected chi connectivity index (χ2v) is 4.28. The van der Waals surface area contributed by atoms with Crippen LogP contribution in [0.1, 0.15) is 20.7 Å². The molecule has 0 aliphatic heterocycles. The van der Waals surface area contributed by atoms with Crippen LogP contribution in [0.2, 0.25) is 0 Å². The van der Waals surface area contributed by atoms with Crippen molar-refractivity contribution in [2.24, 2.45) is 0 Å². The number of para-hydroxylation sites is 2. The van der Waals surface area contributed by atoms with Crippen molar-refractivity contribution >= 4 is 11.9 Å². The lowest BCUT2D eigenvalue weighted by molar-refractivity contribution is 0.0554. The number of benzene rings is 1. The minimum absolute atomic E-state index is 0.141. The Kier molecular flexibility index (Phi) is 4.26.